The zero-order valence-electron chi connectivity index (χ0n) is 9.85. The first kappa shape index (κ1) is 11.3. The first-order chi connectivity index (χ1) is 5.66. The maximum absolute atomic E-state index is 6.06. The Morgan fingerprint density at radius 2 is 1.69 bits per heavy atom. The topological polar surface area (TPSA) is 0 Å². The van der Waals surface area contributed by atoms with Crippen LogP contribution in [-0.2, 0) is 0 Å². The lowest BCUT2D eigenvalue weighted by Crippen LogP contribution is -2.41. The van der Waals surface area contributed by atoms with Crippen LogP contribution in [0, 0.1) is 0 Å². The van der Waals surface area contributed by atoms with Crippen molar-refractivity contribution in [2.75, 3.05) is 19.6 Å². The second-order valence-corrected chi connectivity index (χ2v) is 12.0. The number of nitrogens with zero attached hydrogens (tertiary/aromatic N) is 1. The van der Waals surface area contributed by atoms with E-state index in [4.69, 9.17) is 7.98 Å². The Hall–Kier alpha value is 0.242. The van der Waals surface area contributed by atoms with Crippen LogP contribution in [0.5, 0.6) is 0 Å². The third-order valence-corrected chi connectivity index (χ3v) is 9.54. The molecule has 13 heavy (non-hydrogen) atoms. The van der Waals surface area contributed by atoms with Crippen molar-refractivity contribution >= 4 is 16.1 Å². The lowest BCUT2D eigenvalue weighted by atomic mass is 10.2. The van der Waals surface area contributed by atoms with Crippen LogP contribution >= 0.6 is 0 Å². The second kappa shape index (κ2) is 3.13. The summed E-state index contributed by atoms with van der Waals surface area (Å²) >= 11 is 0. The Balaban J connectivity index is 2.42. The monoisotopic (exact) mass is 196 g/mol. The van der Waals surface area contributed by atoms with Crippen LogP contribution in [0.4, 0.5) is 0 Å². The standard InChI is InChI=1S/C10H23BNSi/c1-10(2,3)13(4,5)9-8-12(11)6-7-12/h6-9H2,1-5H3. The van der Waals surface area contributed by atoms with E-state index in [1.54, 1.807) is 0 Å². The minimum atomic E-state index is -1.07. The zero-order chi connectivity index (χ0) is 10.3. The number of hydrogen-bond acceptors (Lipinski definition) is 0. The summed E-state index contributed by atoms with van der Waals surface area (Å²) in [6.45, 7) is 15.7. The molecule has 0 spiro atoms. The highest BCUT2D eigenvalue weighted by molar-refractivity contribution is 6.80. The predicted molar refractivity (Wildman–Crippen MR) is 62.6 cm³/mol. The molecule has 0 bridgehead atoms. The molecule has 0 aromatic heterocycles. The van der Waals surface area contributed by atoms with E-state index < -0.39 is 8.07 Å². The van der Waals surface area contributed by atoms with Crippen molar-refractivity contribution in [2.45, 2.75) is 44.9 Å². The van der Waals surface area contributed by atoms with Crippen LogP contribution in [0.1, 0.15) is 20.8 Å². The van der Waals surface area contributed by atoms with Gasteiger partial charge in [0.15, 0.2) is 0 Å². The van der Waals surface area contributed by atoms with E-state index in [1.807, 2.05) is 0 Å². The van der Waals surface area contributed by atoms with Gasteiger partial charge in [0, 0.05) is 6.54 Å². The summed E-state index contributed by atoms with van der Waals surface area (Å²) in [5.41, 5.74) is 0. The van der Waals surface area contributed by atoms with E-state index in [2.05, 4.69) is 33.9 Å². The van der Waals surface area contributed by atoms with Crippen molar-refractivity contribution in [3.05, 3.63) is 0 Å². The third kappa shape index (κ3) is 2.85. The molecule has 0 aromatic carbocycles. The molecule has 0 unspecified atom stereocenters. The number of hydrogen-bond donors (Lipinski definition) is 0. The summed E-state index contributed by atoms with van der Waals surface area (Å²) in [5, 5.41) is 0.516. The fourth-order valence-electron chi connectivity index (χ4n) is 1.23. The Morgan fingerprint density at radius 1 is 1.23 bits per heavy atom. The summed E-state index contributed by atoms with van der Waals surface area (Å²) < 4.78 is 0.854. The van der Waals surface area contributed by atoms with Crippen molar-refractivity contribution in [1.82, 2.24) is 0 Å². The minimum Gasteiger partial charge on any atom is -0.579 e. The van der Waals surface area contributed by atoms with E-state index in [9.17, 15) is 0 Å². The molecule has 75 valence electrons. The summed E-state index contributed by atoms with van der Waals surface area (Å²) in [7, 11) is 4.99. The molecule has 0 saturated carbocycles. The van der Waals surface area contributed by atoms with Gasteiger partial charge in [0.05, 0.1) is 21.2 Å². The van der Waals surface area contributed by atoms with Crippen LogP contribution in [0.15, 0.2) is 0 Å². The molecule has 1 fully saturated rings. The second-order valence-electron chi connectivity index (χ2n) is 6.27. The first-order valence-corrected chi connectivity index (χ1v) is 8.52. The molecule has 1 saturated heterocycles. The van der Waals surface area contributed by atoms with E-state index >= 15 is 0 Å². The molecule has 3 heteroatoms. The molecule has 1 aliphatic heterocycles. The van der Waals surface area contributed by atoms with Crippen molar-refractivity contribution in [3.63, 3.8) is 0 Å². The molecule has 0 aromatic rings. The van der Waals surface area contributed by atoms with Gasteiger partial charge in [-0.15, -0.1) is 0 Å². The van der Waals surface area contributed by atoms with E-state index in [0.717, 1.165) is 4.39 Å². The van der Waals surface area contributed by atoms with Crippen LogP contribution in [-0.4, -0.2) is 40.1 Å². The van der Waals surface area contributed by atoms with Crippen molar-refractivity contribution in [2.24, 2.45) is 0 Å². The Bertz CT molecular complexity index is 192. The van der Waals surface area contributed by atoms with Crippen LogP contribution < -0.4 is 0 Å². The lowest BCUT2D eigenvalue weighted by molar-refractivity contribution is -0.669. The fourth-order valence-corrected chi connectivity index (χ4v) is 2.98. The molecular formula is C10H23BNSi. The van der Waals surface area contributed by atoms with Gasteiger partial charge in [0.2, 0.25) is 0 Å². The molecule has 0 amide bonds. The van der Waals surface area contributed by atoms with Crippen molar-refractivity contribution < 1.29 is 4.39 Å². The Labute approximate surface area is 85.5 Å². The van der Waals surface area contributed by atoms with Gasteiger partial charge in [-0.1, -0.05) is 33.9 Å². The zero-order valence-corrected chi connectivity index (χ0v) is 10.9. The Kier molecular flexibility index (Phi) is 2.72. The van der Waals surface area contributed by atoms with Crippen molar-refractivity contribution in [3.8, 4) is 0 Å². The molecule has 1 nitrogen and oxygen atoms in total. The van der Waals surface area contributed by atoms with Gasteiger partial charge in [-0.3, -0.25) is 0 Å². The summed E-state index contributed by atoms with van der Waals surface area (Å²) in [5.74, 6) is 0. The molecule has 1 rings (SSSR count). The Morgan fingerprint density at radius 3 is 2.00 bits per heavy atom. The molecule has 0 atom stereocenters. The van der Waals surface area contributed by atoms with Gasteiger partial charge in [0.1, 0.15) is 0 Å². The smallest absolute Gasteiger partial charge is 0.0781 e. The van der Waals surface area contributed by atoms with Gasteiger partial charge in [0.25, 0.3) is 0 Å². The molecule has 1 heterocycles. The maximum Gasteiger partial charge on any atom is 0.0781 e. The third-order valence-electron chi connectivity index (χ3n) is 4.01. The lowest BCUT2D eigenvalue weighted by Gasteiger charge is -2.40. The van der Waals surface area contributed by atoms with Gasteiger partial charge >= 0.3 is 0 Å². The normalized spacial score (nSPS) is 21.7. The summed E-state index contributed by atoms with van der Waals surface area (Å²) in [6, 6.07) is 1.37. The number of quaternary nitrogens is 1. The van der Waals surface area contributed by atoms with Crippen LogP contribution in [0.3, 0.4) is 0 Å². The van der Waals surface area contributed by atoms with E-state index in [1.165, 1.54) is 25.7 Å². The van der Waals surface area contributed by atoms with Gasteiger partial charge in [-0.05, 0) is 11.1 Å². The average Bonchev–Trinajstić information content (AvgIpc) is 2.63. The van der Waals surface area contributed by atoms with E-state index in [-0.39, 0.29) is 0 Å². The van der Waals surface area contributed by atoms with E-state index in [0.29, 0.717) is 5.04 Å². The quantitative estimate of drug-likeness (QED) is 0.480. The average molecular weight is 196 g/mol. The first-order valence-electron chi connectivity index (χ1n) is 5.31. The summed E-state index contributed by atoms with van der Waals surface area (Å²) in [4.78, 5) is 0. The molecule has 0 aliphatic carbocycles. The summed E-state index contributed by atoms with van der Waals surface area (Å²) in [6.07, 6.45) is 0. The van der Waals surface area contributed by atoms with Gasteiger partial charge in [-0.25, -0.2) is 7.98 Å². The molecule has 1 aliphatic rings. The highest BCUT2D eigenvalue weighted by atomic mass is 28.3. The number of rotatable bonds is 3. The van der Waals surface area contributed by atoms with Gasteiger partial charge < -0.3 is 4.39 Å². The largest absolute Gasteiger partial charge is 0.579 e. The highest BCUT2D eigenvalue weighted by Gasteiger charge is 2.37. The highest BCUT2D eigenvalue weighted by Crippen LogP contribution is 2.39. The molecule has 3 radical (unpaired) electrons. The van der Waals surface area contributed by atoms with Crippen molar-refractivity contribution in [1.29, 1.82) is 0 Å². The van der Waals surface area contributed by atoms with Crippen LogP contribution in [0.25, 0.3) is 0 Å². The van der Waals surface area contributed by atoms with Gasteiger partial charge in [-0.2, -0.15) is 0 Å². The molecular weight excluding hydrogens is 173 g/mol. The van der Waals surface area contributed by atoms with Crippen LogP contribution in [0.2, 0.25) is 24.2 Å². The maximum atomic E-state index is 6.06. The SMILES string of the molecule is [B-][N+]1(CC[Si](C)(C)C(C)(C)C)CC1. The minimum absolute atomic E-state index is 0.516. The predicted octanol–water partition coefficient (Wildman–Crippen LogP) is 2.41. The molecule has 0 N–H and O–H groups in total. The fraction of sp³-hybridized carbons (Fsp3) is 1.00.